The molecule has 0 spiro atoms. The summed E-state index contributed by atoms with van der Waals surface area (Å²) in [6.45, 7) is 10.00. The molecule has 2 rings (SSSR count). The first kappa shape index (κ1) is 14.9. The Morgan fingerprint density at radius 1 is 1.42 bits per heavy atom. The maximum Gasteiger partial charge on any atom is 0.191 e. The first-order valence-corrected chi connectivity index (χ1v) is 8.09. The molecule has 2 unspecified atom stereocenters. The Balaban J connectivity index is 2.15. The minimum Gasteiger partial charge on any atom is -0.313 e. The molecular weight excluding hydrogens is 256 g/mol. The van der Waals surface area contributed by atoms with Crippen molar-refractivity contribution in [3.8, 4) is 0 Å². The molecule has 0 bridgehead atoms. The van der Waals surface area contributed by atoms with Gasteiger partial charge < -0.3 is 9.88 Å². The maximum absolute atomic E-state index is 4.30. The number of thioether (sulfide) groups is 1. The van der Waals surface area contributed by atoms with Crippen LogP contribution >= 0.6 is 11.8 Å². The summed E-state index contributed by atoms with van der Waals surface area (Å²) >= 11 is 1.89. The van der Waals surface area contributed by atoms with Gasteiger partial charge in [-0.1, -0.05) is 39.0 Å². The van der Waals surface area contributed by atoms with Gasteiger partial charge in [-0.25, -0.2) is 0 Å². The molecule has 1 fully saturated rings. The number of aromatic nitrogens is 3. The van der Waals surface area contributed by atoms with Crippen LogP contribution in [0.4, 0.5) is 0 Å². The van der Waals surface area contributed by atoms with E-state index >= 15 is 0 Å². The van der Waals surface area contributed by atoms with Crippen molar-refractivity contribution in [2.45, 2.75) is 63.4 Å². The lowest BCUT2D eigenvalue weighted by atomic mass is 9.73. The fraction of sp³-hybridized carbons (Fsp3) is 0.857. The van der Waals surface area contributed by atoms with Crippen LogP contribution in [0.2, 0.25) is 0 Å². The van der Waals surface area contributed by atoms with Crippen molar-refractivity contribution in [2.24, 2.45) is 12.5 Å². The Morgan fingerprint density at radius 3 is 2.74 bits per heavy atom. The van der Waals surface area contributed by atoms with Crippen molar-refractivity contribution < 1.29 is 0 Å². The lowest BCUT2D eigenvalue weighted by Crippen LogP contribution is -2.51. The third kappa shape index (κ3) is 3.14. The number of hydrogen-bond acceptors (Lipinski definition) is 4. The molecule has 4 nitrogen and oxygen atoms in total. The van der Waals surface area contributed by atoms with Crippen LogP contribution in [-0.2, 0) is 7.05 Å². The number of nitrogens with one attached hydrogen (secondary N) is 1. The van der Waals surface area contributed by atoms with Crippen LogP contribution in [0.15, 0.2) is 5.16 Å². The van der Waals surface area contributed by atoms with Crippen molar-refractivity contribution in [1.82, 2.24) is 20.1 Å². The number of nitrogens with zero attached hydrogens (tertiary/aromatic N) is 3. The molecule has 1 heterocycles. The van der Waals surface area contributed by atoms with Gasteiger partial charge in [-0.2, -0.15) is 0 Å². The first-order valence-electron chi connectivity index (χ1n) is 7.21. The van der Waals surface area contributed by atoms with E-state index in [4.69, 9.17) is 0 Å². The van der Waals surface area contributed by atoms with E-state index in [1.54, 1.807) is 0 Å². The van der Waals surface area contributed by atoms with E-state index in [0.717, 1.165) is 17.5 Å². The second-order valence-corrected chi connectivity index (χ2v) is 7.37. The Labute approximate surface area is 120 Å². The summed E-state index contributed by atoms with van der Waals surface area (Å²) in [5.41, 5.74) is 0.361. The first-order chi connectivity index (χ1) is 8.95. The minimum absolute atomic E-state index is 0.361. The van der Waals surface area contributed by atoms with Gasteiger partial charge in [0.25, 0.3) is 0 Å². The van der Waals surface area contributed by atoms with Crippen LogP contribution in [0.5, 0.6) is 0 Å². The van der Waals surface area contributed by atoms with E-state index in [1.807, 2.05) is 25.7 Å². The molecule has 2 atom stereocenters. The molecule has 0 aromatic carbocycles. The molecule has 5 heteroatoms. The highest BCUT2D eigenvalue weighted by molar-refractivity contribution is 7.99. The molecule has 19 heavy (non-hydrogen) atoms. The quantitative estimate of drug-likeness (QED) is 0.922. The van der Waals surface area contributed by atoms with E-state index < -0.39 is 0 Å². The van der Waals surface area contributed by atoms with Crippen molar-refractivity contribution in [1.29, 1.82) is 0 Å². The molecular formula is C14H26N4S. The fourth-order valence-electron chi connectivity index (χ4n) is 2.96. The second kappa shape index (κ2) is 5.83. The van der Waals surface area contributed by atoms with Gasteiger partial charge >= 0.3 is 0 Å². The summed E-state index contributed by atoms with van der Waals surface area (Å²) in [6.07, 6.45) is 3.88. The van der Waals surface area contributed by atoms with Crippen LogP contribution in [0.1, 0.15) is 45.9 Å². The molecule has 1 N–H and O–H groups in total. The molecule has 1 aliphatic carbocycles. The van der Waals surface area contributed by atoms with Crippen molar-refractivity contribution >= 4 is 11.8 Å². The highest BCUT2D eigenvalue weighted by Crippen LogP contribution is 2.42. The normalized spacial score (nSPS) is 26.6. The van der Waals surface area contributed by atoms with Gasteiger partial charge in [0, 0.05) is 18.3 Å². The van der Waals surface area contributed by atoms with Crippen LogP contribution in [-0.4, -0.2) is 32.6 Å². The Hall–Kier alpha value is -0.550. The van der Waals surface area contributed by atoms with Gasteiger partial charge in [-0.05, 0) is 31.7 Å². The Morgan fingerprint density at radius 2 is 2.16 bits per heavy atom. The van der Waals surface area contributed by atoms with Gasteiger partial charge in [0.2, 0.25) is 0 Å². The molecule has 0 saturated heterocycles. The number of hydrogen-bond donors (Lipinski definition) is 1. The van der Waals surface area contributed by atoms with E-state index in [9.17, 15) is 0 Å². The van der Waals surface area contributed by atoms with Gasteiger partial charge in [0.15, 0.2) is 5.16 Å². The van der Waals surface area contributed by atoms with Crippen molar-refractivity contribution in [3.05, 3.63) is 5.82 Å². The Bertz CT molecular complexity index is 427. The van der Waals surface area contributed by atoms with Crippen LogP contribution in [0.25, 0.3) is 0 Å². The van der Waals surface area contributed by atoms with Crippen LogP contribution < -0.4 is 5.32 Å². The van der Waals surface area contributed by atoms with E-state index in [1.165, 1.54) is 19.3 Å². The summed E-state index contributed by atoms with van der Waals surface area (Å²) in [5.74, 6) is 0.984. The van der Waals surface area contributed by atoms with E-state index in [2.05, 4.69) is 40.9 Å². The Kier molecular flexibility index (Phi) is 4.56. The topological polar surface area (TPSA) is 42.7 Å². The van der Waals surface area contributed by atoms with Crippen molar-refractivity contribution in [2.75, 3.05) is 6.54 Å². The highest BCUT2D eigenvalue weighted by Gasteiger charge is 2.39. The molecule has 0 aliphatic heterocycles. The average Bonchev–Trinajstić information content (AvgIpc) is 2.65. The predicted molar refractivity (Wildman–Crippen MR) is 80.5 cm³/mol. The van der Waals surface area contributed by atoms with Gasteiger partial charge in [-0.3, -0.25) is 0 Å². The molecule has 1 aliphatic rings. The minimum atomic E-state index is 0.361. The maximum atomic E-state index is 4.30. The molecule has 1 saturated carbocycles. The summed E-state index contributed by atoms with van der Waals surface area (Å²) in [5, 5.41) is 13.8. The van der Waals surface area contributed by atoms with E-state index in [-0.39, 0.29) is 0 Å². The van der Waals surface area contributed by atoms with Gasteiger partial charge in [-0.15, -0.1) is 10.2 Å². The molecule has 1 aromatic heterocycles. The SMILES string of the molecule is CCNC1C(Sc2nnc(C)n2C)CCCC1(C)C. The third-order valence-corrected chi connectivity index (χ3v) is 5.63. The van der Waals surface area contributed by atoms with Crippen molar-refractivity contribution in [3.63, 3.8) is 0 Å². The predicted octanol–water partition coefficient (Wildman–Crippen LogP) is 2.77. The number of rotatable bonds is 4. The highest BCUT2D eigenvalue weighted by atomic mass is 32.2. The van der Waals surface area contributed by atoms with Gasteiger partial charge in [0.1, 0.15) is 5.82 Å². The third-order valence-electron chi connectivity index (χ3n) is 4.26. The zero-order chi connectivity index (χ0) is 14.0. The van der Waals surface area contributed by atoms with Gasteiger partial charge in [0.05, 0.1) is 0 Å². The summed E-state index contributed by atoms with van der Waals surface area (Å²) in [6, 6.07) is 0.549. The zero-order valence-corrected chi connectivity index (χ0v) is 13.5. The fourth-order valence-corrected chi connectivity index (χ4v) is 4.50. The summed E-state index contributed by atoms with van der Waals surface area (Å²) in [7, 11) is 2.05. The molecule has 108 valence electrons. The standard InChI is InChI=1S/C14H26N4S/c1-6-15-12-11(8-7-9-14(12,3)4)19-13-17-16-10(2)18(13)5/h11-12,15H,6-9H2,1-5H3. The zero-order valence-electron chi connectivity index (χ0n) is 12.7. The van der Waals surface area contributed by atoms with Crippen LogP contribution in [0.3, 0.4) is 0 Å². The van der Waals surface area contributed by atoms with Crippen LogP contribution in [0, 0.1) is 12.3 Å². The largest absolute Gasteiger partial charge is 0.313 e. The number of aryl methyl sites for hydroxylation is 1. The summed E-state index contributed by atoms with van der Waals surface area (Å²) < 4.78 is 2.09. The molecule has 0 amide bonds. The second-order valence-electron chi connectivity index (χ2n) is 6.16. The lowest BCUT2D eigenvalue weighted by molar-refractivity contribution is 0.176. The average molecular weight is 282 g/mol. The van der Waals surface area contributed by atoms with E-state index in [0.29, 0.717) is 16.7 Å². The lowest BCUT2D eigenvalue weighted by Gasteiger charge is -2.44. The smallest absolute Gasteiger partial charge is 0.191 e. The molecule has 1 aromatic rings. The monoisotopic (exact) mass is 282 g/mol. The molecule has 0 radical (unpaired) electrons. The summed E-state index contributed by atoms with van der Waals surface area (Å²) in [4.78, 5) is 0.